The van der Waals surface area contributed by atoms with E-state index in [1.54, 1.807) is 20.8 Å². The summed E-state index contributed by atoms with van der Waals surface area (Å²) in [6, 6.07) is 1.51. The van der Waals surface area contributed by atoms with E-state index in [4.69, 9.17) is 26.0 Å². The van der Waals surface area contributed by atoms with Crippen LogP contribution in [0, 0.1) is 0 Å². The molecule has 0 bridgehead atoms. The van der Waals surface area contributed by atoms with Gasteiger partial charge in [-0.2, -0.15) is 4.98 Å². The zero-order valence-electron chi connectivity index (χ0n) is 15.9. The number of piperidine rings is 1. The van der Waals surface area contributed by atoms with Crippen LogP contribution in [-0.2, 0) is 17.0 Å². The normalized spacial score (nSPS) is 16.9. The van der Waals surface area contributed by atoms with Crippen LogP contribution in [0.1, 0.15) is 45.2 Å². The number of aliphatic hydroxyl groups excluding tert-OH is 1. The molecule has 0 spiro atoms. The lowest BCUT2D eigenvalue weighted by molar-refractivity contribution is 0.00130. The van der Waals surface area contributed by atoms with E-state index in [9.17, 15) is 4.79 Å². The van der Waals surface area contributed by atoms with E-state index in [-0.39, 0.29) is 55.0 Å². The summed E-state index contributed by atoms with van der Waals surface area (Å²) in [7, 11) is 0. The number of halogens is 2. The van der Waals surface area contributed by atoms with Gasteiger partial charge in [0.1, 0.15) is 12.2 Å². The minimum atomic E-state index is -1.75. The lowest BCUT2D eigenvalue weighted by Crippen LogP contribution is -2.45. The maximum Gasteiger partial charge on any atom is 0.410 e. The van der Waals surface area contributed by atoms with Crippen molar-refractivity contribution in [3.05, 3.63) is 28.9 Å². The fraction of sp³-hybridized carbons (Fsp3) is 0.556. The first-order valence-corrected chi connectivity index (χ1v) is 9.26. The Kier molecular flexibility index (Phi) is 5.58. The third-order valence-corrected chi connectivity index (χ3v) is 4.62. The molecule has 0 unspecified atom stereocenters. The van der Waals surface area contributed by atoms with E-state index in [1.165, 1.54) is 17.2 Å². The minimum absolute atomic E-state index is 0.0617. The summed E-state index contributed by atoms with van der Waals surface area (Å²) in [6.45, 7) is 5.38. The summed E-state index contributed by atoms with van der Waals surface area (Å²) in [6.07, 6.45) is 1.08. The Hall–Kier alpha value is -2.26. The van der Waals surface area contributed by atoms with Crippen molar-refractivity contribution < 1.29 is 23.6 Å². The van der Waals surface area contributed by atoms with Gasteiger partial charge in [-0.3, -0.25) is 4.98 Å². The Morgan fingerprint density at radius 3 is 2.64 bits per heavy atom. The third-order valence-electron chi connectivity index (χ3n) is 4.33. The van der Waals surface area contributed by atoms with Crippen LogP contribution in [0.3, 0.4) is 0 Å². The van der Waals surface area contributed by atoms with Gasteiger partial charge in [0.2, 0.25) is 5.82 Å². The molecule has 3 rings (SSSR count). The van der Waals surface area contributed by atoms with Crippen LogP contribution in [0.25, 0.3) is 11.4 Å². The highest BCUT2D eigenvalue weighted by Gasteiger charge is 2.41. The molecule has 8 nitrogen and oxygen atoms in total. The topological polar surface area (TPSA) is 102 Å². The number of alkyl halides is 1. The molecule has 2 aromatic heterocycles. The van der Waals surface area contributed by atoms with Gasteiger partial charge in [-0.15, -0.1) is 0 Å². The van der Waals surface area contributed by atoms with Crippen LogP contribution in [0.5, 0.6) is 0 Å². The summed E-state index contributed by atoms with van der Waals surface area (Å²) in [5.74, 6) is 0.268. The maximum absolute atomic E-state index is 15.5. The molecule has 28 heavy (non-hydrogen) atoms. The van der Waals surface area contributed by atoms with Gasteiger partial charge < -0.3 is 19.3 Å². The van der Waals surface area contributed by atoms with Crippen molar-refractivity contribution in [3.63, 3.8) is 0 Å². The zero-order valence-corrected chi connectivity index (χ0v) is 16.7. The number of hydrogen-bond acceptors (Lipinski definition) is 7. The molecule has 1 fully saturated rings. The maximum atomic E-state index is 15.5. The molecule has 1 aliphatic heterocycles. The molecule has 1 amide bonds. The summed E-state index contributed by atoms with van der Waals surface area (Å²) in [4.78, 5) is 21.8. The second kappa shape index (κ2) is 7.63. The Balaban J connectivity index is 1.72. The first kappa shape index (κ1) is 20.5. The van der Waals surface area contributed by atoms with Crippen molar-refractivity contribution in [3.8, 4) is 11.4 Å². The van der Waals surface area contributed by atoms with Crippen LogP contribution in [0.4, 0.5) is 9.18 Å². The Labute approximate surface area is 166 Å². The van der Waals surface area contributed by atoms with Crippen molar-refractivity contribution in [2.24, 2.45) is 0 Å². The van der Waals surface area contributed by atoms with Gasteiger partial charge in [-0.1, -0.05) is 16.8 Å². The number of nitrogens with zero attached hydrogens (tertiary/aromatic N) is 4. The average molecular weight is 413 g/mol. The summed E-state index contributed by atoms with van der Waals surface area (Å²) >= 11 is 6.29. The molecule has 10 heteroatoms. The second-order valence-corrected chi connectivity index (χ2v) is 8.06. The highest BCUT2D eigenvalue weighted by atomic mass is 35.5. The Bertz CT molecular complexity index is 860. The minimum Gasteiger partial charge on any atom is -0.444 e. The van der Waals surface area contributed by atoms with E-state index < -0.39 is 17.4 Å². The van der Waals surface area contributed by atoms with E-state index >= 15 is 4.39 Å². The number of hydrogen-bond donors (Lipinski definition) is 1. The number of ether oxygens (including phenoxy) is 1. The van der Waals surface area contributed by atoms with Crippen LogP contribution in [0.15, 0.2) is 16.8 Å². The molecule has 1 saturated heterocycles. The van der Waals surface area contributed by atoms with Crippen molar-refractivity contribution in [2.75, 3.05) is 13.1 Å². The molecule has 0 aromatic carbocycles. The predicted molar refractivity (Wildman–Crippen MR) is 98.3 cm³/mol. The van der Waals surface area contributed by atoms with Crippen LogP contribution < -0.4 is 0 Å². The van der Waals surface area contributed by atoms with Crippen molar-refractivity contribution in [1.29, 1.82) is 0 Å². The van der Waals surface area contributed by atoms with E-state index in [0.29, 0.717) is 5.56 Å². The van der Waals surface area contributed by atoms with E-state index in [2.05, 4.69) is 15.1 Å². The number of carbonyl (C=O) groups excluding carboxylic acids is 1. The molecule has 0 saturated carbocycles. The molecular weight excluding hydrogens is 391 g/mol. The van der Waals surface area contributed by atoms with Gasteiger partial charge in [0.15, 0.2) is 5.67 Å². The van der Waals surface area contributed by atoms with Crippen LogP contribution >= 0.6 is 11.6 Å². The van der Waals surface area contributed by atoms with Crippen LogP contribution in [-0.4, -0.2) is 49.9 Å². The average Bonchev–Trinajstić information content (AvgIpc) is 3.09. The van der Waals surface area contributed by atoms with Gasteiger partial charge in [-0.05, 0) is 26.8 Å². The SMILES string of the molecule is CC(C)(C)OC(=O)N1CCC(F)(c2ncc(-c3noc(CO)n3)cc2Cl)CC1. The lowest BCUT2D eigenvalue weighted by atomic mass is 9.89. The number of carbonyl (C=O) groups is 1. The van der Waals surface area contributed by atoms with Crippen molar-refractivity contribution in [1.82, 2.24) is 20.0 Å². The van der Waals surface area contributed by atoms with Gasteiger partial charge in [0, 0.05) is 37.7 Å². The second-order valence-electron chi connectivity index (χ2n) is 7.66. The number of rotatable bonds is 3. The smallest absolute Gasteiger partial charge is 0.410 e. The number of amides is 1. The van der Waals surface area contributed by atoms with E-state index in [0.717, 1.165) is 0 Å². The lowest BCUT2D eigenvalue weighted by Gasteiger charge is -2.37. The first-order chi connectivity index (χ1) is 13.1. The Morgan fingerprint density at radius 1 is 1.43 bits per heavy atom. The van der Waals surface area contributed by atoms with Gasteiger partial charge in [-0.25, -0.2) is 9.18 Å². The molecule has 3 heterocycles. The standard InChI is InChI=1S/C18H22ClFN4O4/c1-17(2,3)27-16(26)24-6-4-18(20,5-7-24)14-12(19)8-11(9-21-14)15-22-13(10-25)28-23-15/h8-9,25H,4-7,10H2,1-3H3. The van der Waals surface area contributed by atoms with Gasteiger partial charge in [0.05, 0.1) is 10.7 Å². The molecule has 152 valence electrons. The highest BCUT2D eigenvalue weighted by molar-refractivity contribution is 6.31. The molecule has 1 aliphatic rings. The third kappa shape index (κ3) is 4.41. The highest BCUT2D eigenvalue weighted by Crippen LogP contribution is 2.40. The van der Waals surface area contributed by atoms with E-state index in [1.807, 2.05) is 0 Å². The molecule has 0 radical (unpaired) electrons. The Morgan fingerprint density at radius 2 is 2.11 bits per heavy atom. The summed E-state index contributed by atoms with van der Waals surface area (Å²) in [5, 5.41) is 12.9. The van der Waals surface area contributed by atoms with Gasteiger partial charge in [0.25, 0.3) is 5.89 Å². The molecule has 2 aromatic rings. The fourth-order valence-corrected chi connectivity index (χ4v) is 3.27. The van der Waals surface area contributed by atoms with Crippen LogP contribution in [0.2, 0.25) is 5.02 Å². The van der Waals surface area contributed by atoms with Gasteiger partial charge >= 0.3 is 6.09 Å². The van der Waals surface area contributed by atoms with Crippen molar-refractivity contribution >= 4 is 17.7 Å². The first-order valence-electron chi connectivity index (χ1n) is 8.88. The monoisotopic (exact) mass is 412 g/mol. The quantitative estimate of drug-likeness (QED) is 0.823. The molecule has 0 atom stereocenters. The molecular formula is C18H22ClFN4O4. The molecule has 1 N–H and O–H groups in total. The number of pyridine rings is 1. The summed E-state index contributed by atoms with van der Waals surface area (Å²) in [5.41, 5.74) is -1.78. The largest absolute Gasteiger partial charge is 0.444 e. The fourth-order valence-electron chi connectivity index (χ4n) is 2.93. The number of likely N-dealkylation sites (tertiary alicyclic amines) is 1. The number of aliphatic hydroxyl groups is 1. The number of aromatic nitrogens is 3. The van der Waals surface area contributed by atoms with Crippen molar-refractivity contribution in [2.45, 2.75) is 51.5 Å². The predicted octanol–water partition coefficient (Wildman–Crippen LogP) is 3.47. The zero-order chi connectivity index (χ0) is 20.5. The molecule has 0 aliphatic carbocycles. The summed E-state index contributed by atoms with van der Waals surface area (Å²) < 4.78 is 25.7.